The average Bonchev–Trinajstić information content (AvgIpc) is 2.50. The fraction of sp³-hybridized carbons (Fsp3) is 0.688. The van der Waals surface area contributed by atoms with Gasteiger partial charge in [0, 0.05) is 24.8 Å². The minimum Gasteiger partial charge on any atom is -0.392 e. The Morgan fingerprint density at radius 1 is 1.15 bits per heavy atom. The number of hydrogen-bond acceptors (Lipinski definition) is 3. The van der Waals surface area contributed by atoms with Gasteiger partial charge in [0.1, 0.15) is 5.82 Å². The molecule has 2 heterocycles. The van der Waals surface area contributed by atoms with Gasteiger partial charge in [0.2, 0.25) is 0 Å². The van der Waals surface area contributed by atoms with Crippen LogP contribution in [0.5, 0.6) is 0 Å². The zero-order valence-electron chi connectivity index (χ0n) is 11.9. The van der Waals surface area contributed by atoms with E-state index >= 15 is 0 Å². The lowest BCUT2D eigenvalue weighted by Crippen LogP contribution is -2.41. The Kier molecular flexibility index (Phi) is 4.18. The molecule has 4 heteroatoms. The minimum absolute atomic E-state index is 0.0217. The maximum absolute atomic E-state index is 9.31. The van der Waals surface area contributed by atoms with Crippen LogP contribution in [-0.2, 0) is 6.61 Å². The van der Waals surface area contributed by atoms with Crippen molar-refractivity contribution in [3.8, 4) is 0 Å². The van der Waals surface area contributed by atoms with E-state index < -0.39 is 0 Å². The molecule has 0 bridgehead atoms. The molecule has 0 atom stereocenters. The molecule has 2 fully saturated rings. The number of halogens is 1. The predicted octanol–water partition coefficient (Wildman–Crippen LogP) is 3.78. The molecule has 1 spiro atoms. The molecule has 20 heavy (non-hydrogen) atoms. The number of aromatic nitrogens is 1. The van der Waals surface area contributed by atoms with Gasteiger partial charge >= 0.3 is 0 Å². The maximum atomic E-state index is 9.31. The molecule has 0 aromatic carbocycles. The summed E-state index contributed by atoms with van der Waals surface area (Å²) in [5, 5.41) is 9.86. The maximum Gasteiger partial charge on any atom is 0.128 e. The highest BCUT2D eigenvalue weighted by Crippen LogP contribution is 2.45. The van der Waals surface area contributed by atoms with Gasteiger partial charge in [0.25, 0.3) is 0 Å². The van der Waals surface area contributed by atoms with E-state index in [1.54, 1.807) is 6.20 Å². The van der Waals surface area contributed by atoms with Crippen molar-refractivity contribution in [3.05, 3.63) is 22.8 Å². The van der Waals surface area contributed by atoms with E-state index in [0.717, 1.165) is 24.5 Å². The fourth-order valence-corrected chi connectivity index (χ4v) is 3.94. The molecule has 1 N–H and O–H groups in total. The molecule has 2 aliphatic rings. The van der Waals surface area contributed by atoms with Crippen molar-refractivity contribution in [2.24, 2.45) is 5.41 Å². The van der Waals surface area contributed by atoms with Crippen LogP contribution < -0.4 is 4.90 Å². The first-order valence-corrected chi connectivity index (χ1v) is 8.10. The van der Waals surface area contributed by atoms with Crippen LogP contribution in [0.2, 0.25) is 5.02 Å². The van der Waals surface area contributed by atoms with Crippen LogP contribution in [0.3, 0.4) is 0 Å². The van der Waals surface area contributed by atoms with Gasteiger partial charge in [-0.05, 0) is 37.2 Å². The molecule has 1 saturated heterocycles. The number of aliphatic hydroxyl groups is 1. The smallest absolute Gasteiger partial charge is 0.128 e. The van der Waals surface area contributed by atoms with Gasteiger partial charge in [-0.15, -0.1) is 0 Å². The van der Waals surface area contributed by atoms with Crippen molar-refractivity contribution in [2.75, 3.05) is 18.0 Å². The minimum atomic E-state index is -0.0217. The highest BCUT2D eigenvalue weighted by Gasteiger charge is 2.35. The Labute approximate surface area is 126 Å². The SMILES string of the molecule is OCc1cc(N2CCC3(CCCCC3)CC2)ncc1Cl. The molecule has 1 saturated carbocycles. The van der Waals surface area contributed by atoms with E-state index in [2.05, 4.69) is 9.88 Å². The second kappa shape index (κ2) is 5.90. The van der Waals surface area contributed by atoms with Crippen LogP contribution in [0, 0.1) is 5.41 Å². The Morgan fingerprint density at radius 2 is 1.85 bits per heavy atom. The number of nitrogens with zero attached hydrogens (tertiary/aromatic N) is 2. The molecule has 110 valence electrons. The van der Waals surface area contributed by atoms with Crippen molar-refractivity contribution in [1.29, 1.82) is 0 Å². The quantitative estimate of drug-likeness (QED) is 0.902. The largest absolute Gasteiger partial charge is 0.392 e. The molecule has 3 nitrogen and oxygen atoms in total. The second-order valence-corrected chi connectivity index (χ2v) is 6.75. The third-order valence-corrected chi connectivity index (χ3v) is 5.49. The number of pyridine rings is 1. The van der Waals surface area contributed by atoms with Crippen molar-refractivity contribution in [3.63, 3.8) is 0 Å². The third-order valence-electron chi connectivity index (χ3n) is 5.15. The summed E-state index contributed by atoms with van der Waals surface area (Å²) in [6, 6.07) is 1.93. The van der Waals surface area contributed by atoms with E-state index in [9.17, 15) is 5.11 Å². The van der Waals surface area contributed by atoms with Crippen LogP contribution in [0.25, 0.3) is 0 Å². The lowest BCUT2D eigenvalue weighted by atomic mass is 9.68. The number of rotatable bonds is 2. The second-order valence-electron chi connectivity index (χ2n) is 6.34. The van der Waals surface area contributed by atoms with Gasteiger partial charge < -0.3 is 10.0 Å². The van der Waals surface area contributed by atoms with E-state index in [0.29, 0.717) is 10.4 Å². The Hall–Kier alpha value is -0.800. The Bertz CT molecular complexity index is 462. The molecular weight excluding hydrogens is 272 g/mol. The van der Waals surface area contributed by atoms with Gasteiger partial charge in [-0.3, -0.25) is 0 Å². The molecule has 1 aliphatic carbocycles. The standard InChI is InChI=1S/C16H23ClN2O/c17-14-11-18-15(10-13(14)12-20)19-8-6-16(7-9-19)4-2-1-3-5-16/h10-11,20H,1-9,12H2. The summed E-state index contributed by atoms with van der Waals surface area (Å²) < 4.78 is 0. The number of anilines is 1. The van der Waals surface area contributed by atoms with Crippen LogP contribution in [-0.4, -0.2) is 23.2 Å². The van der Waals surface area contributed by atoms with E-state index in [1.807, 2.05) is 6.07 Å². The lowest BCUT2D eigenvalue weighted by molar-refractivity contribution is 0.144. The molecule has 1 aromatic heterocycles. The lowest BCUT2D eigenvalue weighted by Gasteiger charge is -2.44. The summed E-state index contributed by atoms with van der Waals surface area (Å²) in [5.41, 5.74) is 1.38. The zero-order valence-corrected chi connectivity index (χ0v) is 12.7. The van der Waals surface area contributed by atoms with Crippen LogP contribution in [0.1, 0.15) is 50.5 Å². The van der Waals surface area contributed by atoms with E-state index in [-0.39, 0.29) is 6.61 Å². The van der Waals surface area contributed by atoms with Crippen molar-refractivity contribution < 1.29 is 5.11 Å². The van der Waals surface area contributed by atoms with Crippen molar-refractivity contribution >= 4 is 17.4 Å². The number of piperidine rings is 1. The first-order chi connectivity index (χ1) is 9.72. The molecule has 0 radical (unpaired) electrons. The van der Waals surface area contributed by atoms with Crippen molar-refractivity contribution in [2.45, 2.75) is 51.6 Å². The molecule has 0 amide bonds. The summed E-state index contributed by atoms with van der Waals surface area (Å²) in [6.07, 6.45) is 11.3. The Morgan fingerprint density at radius 3 is 2.50 bits per heavy atom. The monoisotopic (exact) mass is 294 g/mol. The summed E-state index contributed by atoms with van der Waals surface area (Å²) >= 11 is 6.01. The molecule has 0 unspecified atom stereocenters. The Balaban J connectivity index is 1.68. The number of aliphatic hydroxyl groups excluding tert-OH is 1. The average molecular weight is 295 g/mol. The first-order valence-electron chi connectivity index (χ1n) is 7.73. The number of hydrogen-bond donors (Lipinski definition) is 1. The molecular formula is C16H23ClN2O. The highest BCUT2D eigenvalue weighted by molar-refractivity contribution is 6.31. The molecule has 1 aliphatic heterocycles. The van der Waals surface area contributed by atoms with E-state index in [4.69, 9.17) is 11.6 Å². The summed E-state index contributed by atoms with van der Waals surface area (Å²) in [7, 11) is 0. The molecule has 1 aromatic rings. The van der Waals surface area contributed by atoms with Crippen LogP contribution >= 0.6 is 11.6 Å². The molecule has 3 rings (SSSR count). The van der Waals surface area contributed by atoms with E-state index in [1.165, 1.54) is 44.9 Å². The summed E-state index contributed by atoms with van der Waals surface area (Å²) in [4.78, 5) is 6.77. The predicted molar refractivity (Wildman–Crippen MR) is 82.1 cm³/mol. The van der Waals surface area contributed by atoms with Crippen molar-refractivity contribution in [1.82, 2.24) is 4.98 Å². The zero-order chi connectivity index (χ0) is 14.0. The third kappa shape index (κ3) is 2.79. The van der Waals surface area contributed by atoms with Crippen LogP contribution in [0.15, 0.2) is 12.3 Å². The summed E-state index contributed by atoms with van der Waals surface area (Å²) in [6.45, 7) is 2.14. The summed E-state index contributed by atoms with van der Waals surface area (Å²) in [5.74, 6) is 0.962. The highest BCUT2D eigenvalue weighted by atomic mass is 35.5. The van der Waals surface area contributed by atoms with Gasteiger partial charge in [0.05, 0.1) is 11.6 Å². The van der Waals surface area contributed by atoms with Gasteiger partial charge in [-0.2, -0.15) is 0 Å². The van der Waals surface area contributed by atoms with Crippen LogP contribution in [0.4, 0.5) is 5.82 Å². The normalized spacial score (nSPS) is 22.2. The first kappa shape index (κ1) is 14.2. The van der Waals surface area contributed by atoms with Gasteiger partial charge in [0.15, 0.2) is 0 Å². The fourth-order valence-electron chi connectivity index (χ4n) is 3.77. The van der Waals surface area contributed by atoms with Gasteiger partial charge in [-0.1, -0.05) is 30.9 Å². The van der Waals surface area contributed by atoms with Gasteiger partial charge in [-0.25, -0.2) is 4.98 Å². The topological polar surface area (TPSA) is 36.4 Å².